The number of benzene rings is 2. The molecule has 4 N–H and O–H groups in total. The number of carbonyl (C=O) groups excluding carboxylic acids is 1. The Hall–Kier alpha value is -3.21. The molecule has 0 unspecified atom stereocenters. The molecule has 0 bridgehead atoms. The van der Waals surface area contributed by atoms with E-state index in [1.165, 1.54) is 4.57 Å². The van der Waals surface area contributed by atoms with Crippen LogP contribution in [0.15, 0.2) is 60.7 Å². The Balaban J connectivity index is 2.22. The van der Waals surface area contributed by atoms with Crippen LogP contribution in [0.2, 0.25) is 0 Å². The summed E-state index contributed by atoms with van der Waals surface area (Å²) in [5.74, 6) is -1.66. The van der Waals surface area contributed by atoms with E-state index in [1.54, 1.807) is 12.1 Å². The van der Waals surface area contributed by atoms with Gasteiger partial charge in [0, 0.05) is 0 Å². The average molecular weight is 308 g/mol. The first-order chi connectivity index (χ1) is 11.1. The van der Waals surface area contributed by atoms with Gasteiger partial charge < -0.3 is 20.5 Å². The minimum Gasteiger partial charge on any atom is -0.503 e. The SMILES string of the molecule is NC(=O)c1c(O)c(O)n(Cc2ccccc2)c1-c1ccccc1. The molecule has 0 aliphatic heterocycles. The predicted molar refractivity (Wildman–Crippen MR) is 87.3 cm³/mol. The highest BCUT2D eigenvalue weighted by Gasteiger charge is 2.26. The third-order valence-corrected chi connectivity index (χ3v) is 3.69. The molecule has 1 aromatic heterocycles. The number of aromatic hydroxyl groups is 2. The molecule has 23 heavy (non-hydrogen) atoms. The van der Waals surface area contributed by atoms with Gasteiger partial charge in [-0.1, -0.05) is 60.7 Å². The van der Waals surface area contributed by atoms with Gasteiger partial charge in [0.15, 0.2) is 5.75 Å². The van der Waals surface area contributed by atoms with Crippen molar-refractivity contribution in [1.29, 1.82) is 0 Å². The van der Waals surface area contributed by atoms with E-state index in [0.717, 1.165) is 5.56 Å². The lowest BCUT2D eigenvalue weighted by atomic mass is 10.1. The fraction of sp³-hybridized carbons (Fsp3) is 0.0556. The molecule has 116 valence electrons. The first kappa shape index (κ1) is 14.7. The van der Waals surface area contributed by atoms with E-state index in [1.807, 2.05) is 48.5 Å². The normalized spacial score (nSPS) is 10.6. The van der Waals surface area contributed by atoms with Crippen LogP contribution in [0.1, 0.15) is 15.9 Å². The number of aromatic nitrogens is 1. The summed E-state index contributed by atoms with van der Waals surface area (Å²) < 4.78 is 1.49. The van der Waals surface area contributed by atoms with E-state index in [-0.39, 0.29) is 11.4 Å². The molecular formula is C18H16N2O3. The Kier molecular flexibility index (Phi) is 3.76. The summed E-state index contributed by atoms with van der Waals surface area (Å²) in [5.41, 5.74) is 7.34. The molecule has 2 aromatic carbocycles. The van der Waals surface area contributed by atoms with E-state index >= 15 is 0 Å². The lowest BCUT2D eigenvalue weighted by Crippen LogP contribution is -2.13. The van der Waals surface area contributed by atoms with Gasteiger partial charge in [-0.05, 0) is 11.1 Å². The van der Waals surface area contributed by atoms with Crippen LogP contribution in [-0.2, 0) is 6.54 Å². The maximum absolute atomic E-state index is 11.8. The number of rotatable bonds is 4. The van der Waals surface area contributed by atoms with Gasteiger partial charge in [-0.3, -0.25) is 4.79 Å². The fourth-order valence-corrected chi connectivity index (χ4v) is 2.64. The Morgan fingerprint density at radius 2 is 1.52 bits per heavy atom. The summed E-state index contributed by atoms with van der Waals surface area (Å²) >= 11 is 0. The van der Waals surface area contributed by atoms with Crippen molar-refractivity contribution in [1.82, 2.24) is 4.57 Å². The third-order valence-electron chi connectivity index (χ3n) is 3.69. The zero-order valence-electron chi connectivity index (χ0n) is 12.3. The second-order valence-corrected chi connectivity index (χ2v) is 5.20. The molecule has 5 heteroatoms. The van der Waals surface area contributed by atoms with Crippen molar-refractivity contribution in [2.45, 2.75) is 6.54 Å². The van der Waals surface area contributed by atoms with Crippen molar-refractivity contribution < 1.29 is 15.0 Å². The van der Waals surface area contributed by atoms with Crippen LogP contribution in [0.3, 0.4) is 0 Å². The summed E-state index contributed by atoms with van der Waals surface area (Å²) in [6, 6.07) is 18.5. The molecule has 0 radical (unpaired) electrons. The summed E-state index contributed by atoms with van der Waals surface area (Å²) in [5, 5.41) is 20.4. The summed E-state index contributed by atoms with van der Waals surface area (Å²) in [4.78, 5) is 11.8. The van der Waals surface area contributed by atoms with E-state index < -0.39 is 11.7 Å². The highest BCUT2D eigenvalue weighted by Crippen LogP contribution is 2.40. The van der Waals surface area contributed by atoms with Crippen molar-refractivity contribution in [2.24, 2.45) is 5.73 Å². The molecular weight excluding hydrogens is 292 g/mol. The van der Waals surface area contributed by atoms with Gasteiger partial charge in [-0.15, -0.1) is 0 Å². The second kappa shape index (κ2) is 5.88. The molecule has 3 rings (SSSR count). The van der Waals surface area contributed by atoms with Gasteiger partial charge in [0.1, 0.15) is 5.56 Å². The number of nitrogens with two attached hydrogens (primary N) is 1. The predicted octanol–water partition coefficient (Wildman–Crippen LogP) is 2.71. The van der Waals surface area contributed by atoms with Crippen molar-refractivity contribution in [3.8, 4) is 22.9 Å². The molecule has 0 saturated carbocycles. The topological polar surface area (TPSA) is 88.5 Å². The highest BCUT2D eigenvalue weighted by atomic mass is 16.3. The molecule has 0 aliphatic rings. The molecule has 3 aromatic rings. The van der Waals surface area contributed by atoms with E-state index in [9.17, 15) is 15.0 Å². The molecule has 0 spiro atoms. The van der Waals surface area contributed by atoms with Crippen LogP contribution in [0, 0.1) is 0 Å². The van der Waals surface area contributed by atoms with Crippen LogP contribution in [-0.4, -0.2) is 20.7 Å². The molecule has 5 nitrogen and oxygen atoms in total. The van der Waals surface area contributed by atoms with Crippen molar-refractivity contribution >= 4 is 5.91 Å². The summed E-state index contributed by atoms with van der Waals surface area (Å²) in [6.45, 7) is 0.303. The maximum Gasteiger partial charge on any atom is 0.254 e. The van der Waals surface area contributed by atoms with Crippen molar-refractivity contribution in [2.75, 3.05) is 0 Å². The number of primary amides is 1. The Bertz CT molecular complexity index is 840. The van der Waals surface area contributed by atoms with Gasteiger partial charge in [0.25, 0.3) is 5.91 Å². The van der Waals surface area contributed by atoms with Crippen LogP contribution in [0.4, 0.5) is 0 Å². The zero-order chi connectivity index (χ0) is 16.4. The van der Waals surface area contributed by atoms with Crippen molar-refractivity contribution in [3.63, 3.8) is 0 Å². The van der Waals surface area contributed by atoms with Crippen LogP contribution >= 0.6 is 0 Å². The molecule has 0 fully saturated rings. The fourth-order valence-electron chi connectivity index (χ4n) is 2.64. The monoisotopic (exact) mass is 308 g/mol. The standard InChI is InChI=1S/C18H16N2O3/c19-17(22)14-15(13-9-5-2-6-10-13)20(18(23)16(14)21)11-12-7-3-1-4-8-12/h1-10,21,23H,11H2,(H2,19,22). The second-order valence-electron chi connectivity index (χ2n) is 5.20. The van der Waals surface area contributed by atoms with Crippen molar-refractivity contribution in [3.05, 3.63) is 71.8 Å². The first-order valence-electron chi connectivity index (χ1n) is 7.13. The summed E-state index contributed by atoms with van der Waals surface area (Å²) in [7, 11) is 0. The van der Waals surface area contributed by atoms with Gasteiger partial charge in [0.05, 0.1) is 12.2 Å². The molecule has 0 aliphatic carbocycles. The minimum atomic E-state index is -0.788. The van der Waals surface area contributed by atoms with Gasteiger partial charge >= 0.3 is 0 Å². The van der Waals surface area contributed by atoms with Crippen LogP contribution in [0.5, 0.6) is 11.6 Å². The zero-order valence-corrected chi connectivity index (χ0v) is 12.3. The number of hydrogen-bond acceptors (Lipinski definition) is 3. The van der Waals surface area contributed by atoms with Crippen LogP contribution < -0.4 is 5.73 Å². The van der Waals surface area contributed by atoms with Crippen LogP contribution in [0.25, 0.3) is 11.3 Å². The van der Waals surface area contributed by atoms with E-state index in [2.05, 4.69) is 0 Å². The van der Waals surface area contributed by atoms with Gasteiger partial charge in [-0.25, -0.2) is 0 Å². The Morgan fingerprint density at radius 1 is 0.957 bits per heavy atom. The minimum absolute atomic E-state index is 0.0790. The van der Waals surface area contributed by atoms with Gasteiger partial charge in [0.2, 0.25) is 5.88 Å². The largest absolute Gasteiger partial charge is 0.503 e. The first-order valence-corrected chi connectivity index (χ1v) is 7.13. The number of hydrogen-bond donors (Lipinski definition) is 3. The molecule has 1 heterocycles. The number of nitrogens with zero attached hydrogens (tertiary/aromatic N) is 1. The molecule has 1 amide bonds. The number of carbonyl (C=O) groups is 1. The third kappa shape index (κ3) is 2.64. The van der Waals surface area contributed by atoms with E-state index in [4.69, 9.17) is 5.73 Å². The average Bonchev–Trinajstić information content (AvgIpc) is 2.82. The molecule has 0 atom stereocenters. The number of amides is 1. The molecule has 0 saturated heterocycles. The lowest BCUT2D eigenvalue weighted by Gasteiger charge is -2.11. The van der Waals surface area contributed by atoms with Gasteiger partial charge in [-0.2, -0.15) is 0 Å². The smallest absolute Gasteiger partial charge is 0.254 e. The van der Waals surface area contributed by atoms with E-state index in [0.29, 0.717) is 17.8 Å². The lowest BCUT2D eigenvalue weighted by molar-refractivity contribution is 0.0998. The highest BCUT2D eigenvalue weighted by molar-refractivity contribution is 6.03. The summed E-state index contributed by atoms with van der Waals surface area (Å²) in [6.07, 6.45) is 0. The Labute approximate surface area is 133 Å². The maximum atomic E-state index is 11.8. The Morgan fingerprint density at radius 3 is 2.09 bits per heavy atom. The quantitative estimate of drug-likeness (QED) is 0.692.